The van der Waals surface area contributed by atoms with Crippen LogP contribution in [0.5, 0.6) is 0 Å². The number of carbonyl (C=O) groups is 4. The normalized spacial score (nSPS) is 28.1. The number of hydrogen-bond acceptors (Lipinski definition) is 6. The van der Waals surface area contributed by atoms with Crippen LogP contribution >= 0.6 is 0 Å². The zero-order valence-electron chi connectivity index (χ0n) is 24.3. The predicted molar refractivity (Wildman–Crippen MR) is 164 cm³/mol. The van der Waals surface area contributed by atoms with Gasteiger partial charge in [0.2, 0.25) is 11.8 Å². The molecule has 0 aromatic heterocycles. The molecule has 4 aliphatic rings. The maximum atomic E-state index is 14.5. The van der Waals surface area contributed by atoms with Crippen molar-refractivity contribution < 1.29 is 19.2 Å². The van der Waals surface area contributed by atoms with Gasteiger partial charge in [-0.15, -0.1) is 0 Å². The Morgan fingerprint density at radius 3 is 1.11 bits per heavy atom. The van der Waals surface area contributed by atoms with E-state index in [2.05, 4.69) is 0 Å². The van der Waals surface area contributed by atoms with Crippen LogP contribution in [0, 0.1) is 25.7 Å². The smallest absolute Gasteiger partial charge is 0.253 e. The fourth-order valence-electron chi connectivity index (χ4n) is 7.90. The molecule has 8 rings (SSSR count). The molecule has 6 atom stereocenters. The first-order valence-electron chi connectivity index (χ1n) is 14.9. The van der Waals surface area contributed by atoms with E-state index < -0.39 is 36.0 Å². The van der Waals surface area contributed by atoms with E-state index in [-0.39, 0.29) is 23.6 Å². The molecule has 0 radical (unpaired) electrons. The van der Waals surface area contributed by atoms with E-state index in [1.165, 1.54) is 9.80 Å². The molecule has 8 heteroatoms. The SMILES string of the molecule is Cc1ccccc1N1C(=O)[C@@H]2[C@@H](C1=O)N1[C@@H](c3ccccc3)[C@@H]3C(=O)N(c4ccccc4C)C(=O)[C@@H]3N1[C@@H]2c1ccccc1. The molecule has 4 aliphatic heterocycles. The molecule has 4 amide bonds. The van der Waals surface area contributed by atoms with Crippen LogP contribution in [0.4, 0.5) is 11.4 Å². The summed E-state index contributed by atoms with van der Waals surface area (Å²) < 4.78 is 0. The minimum Gasteiger partial charge on any atom is -0.274 e. The van der Waals surface area contributed by atoms with Crippen molar-refractivity contribution >= 4 is 35.0 Å². The van der Waals surface area contributed by atoms with E-state index >= 15 is 0 Å². The molecule has 4 aromatic carbocycles. The Morgan fingerprint density at radius 1 is 0.409 bits per heavy atom. The number of amides is 4. The molecule has 4 saturated heterocycles. The summed E-state index contributed by atoms with van der Waals surface area (Å²) in [6.45, 7) is 3.77. The van der Waals surface area contributed by atoms with E-state index in [9.17, 15) is 19.2 Å². The van der Waals surface area contributed by atoms with Crippen molar-refractivity contribution in [2.24, 2.45) is 11.8 Å². The van der Waals surface area contributed by atoms with Crippen molar-refractivity contribution in [3.8, 4) is 0 Å². The third-order valence-corrected chi connectivity index (χ3v) is 9.72. The third kappa shape index (κ3) is 3.52. The second kappa shape index (κ2) is 9.80. The molecule has 8 nitrogen and oxygen atoms in total. The molecule has 0 bridgehead atoms. The van der Waals surface area contributed by atoms with Crippen LogP contribution in [0.25, 0.3) is 0 Å². The summed E-state index contributed by atoms with van der Waals surface area (Å²) in [6, 6.07) is 30.9. The highest BCUT2D eigenvalue weighted by molar-refractivity contribution is 6.26. The summed E-state index contributed by atoms with van der Waals surface area (Å²) >= 11 is 0. The lowest BCUT2D eigenvalue weighted by molar-refractivity contribution is -0.136. The van der Waals surface area contributed by atoms with Gasteiger partial charge < -0.3 is 0 Å². The second-order valence-corrected chi connectivity index (χ2v) is 12.0. The first kappa shape index (κ1) is 26.7. The number of aryl methyl sites for hydroxylation is 2. The zero-order chi connectivity index (χ0) is 30.3. The van der Waals surface area contributed by atoms with E-state index in [0.29, 0.717) is 11.4 Å². The Kier molecular flexibility index (Phi) is 5.95. The number of benzene rings is 4. The van der Waals surface area contributed by atoms with Gasteiger partial charge in [0, 0.05) is 0 Å². The van der Waals surface area contributed by atoms with Gasteiger partial charge in [0.15, 0.2) is 0 Å². The highest BCUT2D eigenvalue weighted by Gasteiger charge is 2.73. The van der Waals surface area contributed by atoms with Crippen molar-refractivity contribution in [3.63, 3.8) is 0 Å². The molecule has 0 spiro atoms. The fraction of sp³-hybridized carbons (Fsp3) is 0.222. The van der Waals surface area contributed by atoms with Gasteiger partial charge in [-0.1, -0.05) is 97.1 Å². The molecule has 0 unspecified atom stereocenters. The van der Waals surface area contributed by atoms with Crippen molar-refractivity contribution in [3.05, 3.63) is 131 Å². The highest BCUT2D eigenvalue weighted by atomic mass is 16.2. The van der Waals surface area contributed by atoms with Crippen molar-refractivity contribution in [2.45, 2.75) is 38.0 Å². The largest absolute Gasteiger partial charge is 0.274 e. The number of para-hydroxylation sites is 2. The topological polar surface area (TPSA) is 81.2 Å². The average molecular weight is 583 g/mol. The van der Waals surface area contributed by atoms with Gasteiger partial charge in [-0.3, -0.25) is 19.2 Å². The first-order valence-corrected chi connectivity index (χ1v) is 14.9. The van der Waals surface area contributed by atoms with Crippen molar-refractivity contribution in [1.82, 2.24) is 10.0 Å². The number of carbonyl (C=O) groups excluding carboxylic acids is 4. The minimum absolute atomic E-state index is 0.298. The lowest BCUT2D eigenvalue weighted by atomic mass is 9.84. The summed E-state index contributed by atoms with van der Waals surface area (Å²) in [5, 5.41) is 3.83. The van der Waals surface area contributed by atoms with Gasteiger partial charge in [0.1, 0.15) is 12.1 Å². The van der Waals surface area contributed by atoms with E-state index in [0.717, 1.165) is 22.3 Å². The maximum Gasteiger partial charge on any atom is 0.253 e. The molecule has 4 aromatic rings. The van der Waals surface area contributed by atoms with E-state index in [1.54, 1.807) is 12.1 Å². The van der Waals surface area contributed by atoms with Gasteiger partial charge in [-0.25, -0.2) is 19.8 Å². The lowest BCUT2D eigenvalue weighted by Crippen LogP contribution is -2.50. The quantitative estimate of drug-likeness (QED) is 0.323. The number of nitrogens with zero attached hydrogens (tertiary/aromatic N) is 4. The van der Waals surface area contributed by atoms with Crippen LogP contribution in [-0.4, -0.2) is 45.7 Å². The Hall–Kier alpha value is -4.92. The Morgan fingerprint density at radius 2 is 0.750 bits per heavy atom. The Bertz CT molecular complexity index is 1710. The maximum absolute atomic E-state index is 14.5. The van der Waals surface area contributed by atoms with E-state index in [4.69, 9.17) is 0 Å². The standard InChI is InChI=1S/C36H30N4O4/c1-21-13-9-11-19-25(21)37-33(41)27-29(23-15-5-3-6-16-23)40-32-28(34(42)38(36(32)44)26-20-12-10-14-22(26)2)30(24-17-7-4-8-18-24)39(40)31(27)35(37)43/h3-20,27-32H,1-2H3/t27-,28-,29-,30+,31+,32-/m0/s1. The van der Waals surface area contributed by atoms with Crippen LogP contribution in [0.3, 0.4) is 0 Å². The number of anilines is 2. The van der Waals surface area contributed by atoms with Crippen LogP contribution in [-0.2, 0) is 19.2 Å². The number of imide groups is 2. The van der Waals surface area contributed by atoms with Crippen LogP contribution in [0.1, 0.15) is 34.3 Å². The van der Waals surface area contributed by atoms with Gasteiger partial charge in [0.25, 0.3) is 11.8 Å². The van der Waals surface area contributed by atoms with E-state index in [1.807, 2.05) is 121 Å². The molecule has 0 saturated carbocycles. The predicted octanol–water partition coefficient (Wildman–Crippen LogP) is 4.75. The fourth-order valence-corrected chi connectivity index (χ4v) is 7.90. The molecular weight excluding hydrogens is 552 g/mol. The third-order valence-electron chi connectivity index (χ3n) is 9.72. The molecule has 4 fully saturated rings. The molecule has 44 heavy (non-hydrogen) atoms. The number of fused-ring (bicyclic) bond motifs is 5. The summed E-state index contributed by atoms with van der Waals surface area (Å²) in [5.74, 6) is -2.82. The highest BCUT2D eigenvalue weighted by Crippen LogP contribution is 2.59. The zero-order valence-corrected chi connectivity index (χ0v) is 24.3. The number of hydrogen-bond donors (Lipinski definition) is 0. The second-order valence-electron chi connectivity index (χ2n) is 12.0. The van der Waals surface area contributed by atoms with Crippen LogP contribution in [0.2, 0.25) is 0 Å². The van der Waals surface area contributed by atoms with Crippen LogP contribution < -0.4 is 9.80 Å². The Balaban J connectivity index is 1.34. The Labute approximate surface area is 255 Å². The van der Waals surface area contributed by atoms with Crippen molar-refractivity contribution in [1.29, 1.82) is 0 Å². The molecular formula is C36H30N4O4. The monoisotopic (exact) mass is 582 g/mol. The summed E-state index contributed by atoms with van der Waals surface area (Å²) in [5.41, 5.74) is 4.39. The number of rotatable bonds is 4. The van der Waals surface area contributed by atoms with Gasteiger partial charge in [0.05, 0.1) is 35.3 Å². The lowest BCUT2D eigenvalue weighted by Gasteiger charge is -2.36. The first-order chi connectivity index (χ1) is 21.4. The van der Waals surface area contributed by atoms with Crippen molar-refractivity contribution in [2.75, 3.05) is 9.80 Å². The minimum atomic E-state index is -0.879. The summed E-state index contributed by atoms with van der Waals surface area (Å²) in [6.07, 6.45) is 0. The summed E-state index contributed by atoms with van der Waals surface area (Å²) in [4.78, 5) is 60.6. The van der Waals surface area contributed by atoms with Gasteiger partial charge in [-0.2, -0.15) is 0 Å². The summed E-state index contributed by atoms with van der Waals surface area (Å²) in [7, 11) is 0. The molecule has 0 N–H and O–H groups in total. The van der Waals surface area contributed by atoms with Gasteiger partial charge in [-0.05, 0) is 48.2 Å². The molecule has 218 valence electrons. The average Bonchev–Trinajstić information content (AvgIpc) is 3.70. The van der Waals surface area contributed by atoms with Gasteiger partial charge >= 0.3 is 0 Å². The molecule has 0 aliphatic carbocycles. The van der Waals surface area contributed by atoms with Crippen LogP contribution in [0.15, 0.2) is 109 Å². The molecule has 4 heterocycles. The number of hydrazine groups is 1.